The fraction of sp³-hybridized carbons (Fsp3) is 0.269. The molecule has 2 unspecified atom stereocenters. The number of aromatic nitrogens is 2. The number of nitrogens with zero attached hydrogens (tertiary/aromatic N) is 2. The Labute approximate surface area is 218 Å². The lowest BCUT2D eigenvalue weighted by Crippen LogP contribution is -2.28. The maximum absolute atomic E-state index is 14.0. The number of hydrogen-bond acceptors (Lipinski definition) is 7. The lowest BCUT2D eigenvalue weighted by atomic mass is 9.94. The first-order valence-electron chi connectivity index (χ1n) is 11.2. The zero-order valence-electron chi connectivity index (χ0n) is 19.9. The number of rotatable bonds is 6. The van der Waals surface area contributed by atoms with E-state index < -0.39 is 15.6 Å². The van der Waals surface area contributed by atoms with E-state index in [1.54, 1.807) is 16.7 Å². The number of Topliss-reactive ketones (excluding diaryl/α,β-unsaturated/α-hetero) is 1. The number of allylic oxidation sites excluding steroid dienone is 2. The summed E-state index contributed by atoms with van der Waals surface area (Å²) in [6.07, 6.45) is 1.00. The summed E-state index contributed by atoms with van der Waals surface area (Å²) in [5.74, 6) is 1.22. The topological polar surface area (TPSA) is 96.7 Å². The second-order valence-electron chi connectivity index (χ2n) is 8.35. The number of alkyl halides is 1. The lowest BCUT2D eigenvalue weighted by molar-refractivity contribution is -0.114. The van der Waals surface area contributed by atoms with Crippen molar-refractivity contribution in [2.75, 3.05) is 21.3 Å². The van der Waals surface area contributed by atoms with Crippen LogP contribution >= 0.6 is 15.9 Å². The first-order valence-corrected chi connectivity index (χ1v) is 13.3. The van der Waals surface area contributed by atoms with Crippen molar-refractivity contribution in [3.8, 4) is 28.6 Å². The minimum atomic E-state index is -1.85. The fourth-order valence-electron chi connectivity index (χ4n) is 4.62. The first-order chi connectivity index (χ1) is 17.4. The average Bonchev–Trinajstić information content (AvgIpc) is 3.19. The van der Waals surface area contributed by atoms with Crippen LogP contribution in [0.1, 0.15) is 24.0 Å². The molecule has 0 bridgehead atoms. The van der Waals surface area contributed by atoms with E-state index in [4.69, 9.17) is 19.2 Å². The van der Waals surface area contributed by atoms with Crippen LogP contribution in [-0.4, -0.2) is 45.7 Å². The van der Waals surface area contributed by atoms with Gasteiger partial charge in [-0.15, -0.1) is 0 Å². The quantitative estimate of drug-likeness (QED) is 0.327. The molecule has 10 heteroatoms. The highest BCUT2D eigenvalue weighted by Gasteiger charge is 2.42. The summed E-state index contributed by atoms with van der Waals surface area (Å²) >= 11 is 3.37. The molecule has 0 radical (unpaired) electrons. The Hall–Kier alpha value is -3.24. The number of carbonyl (C=O) groups is 1. The van der Waals surface area contributed by atoms with Crippen molar-refractivity contribution in [3.05, 3.63) is 68.9 Å². The van der Waals surface area contributed by atoms with E-state index in [9.17, 15) is 13.8 Å². The van der Waals surface area contributed by atoms with E-state index in [0.717, 1.165) is 5.56 Å². The van der Waals surface area contributed by atoms with Crippen LogP contribution in [0.4, 0.5) is 0 Å². The van der Waals surface area contributed by atoms with Gasteiger partial charge in [-0.25, -0.2) is 9.19 Å². The van der Waals surface area contributed by atoms with E-state index in [1.807, 2.05) is 30.3 Å². The van der Waals surface area contributed by atoms with Gasteiger partial charge in [-0.2, -0.15) is 0 Å². The summed E-state index contributed by atoms with van der Waals surface area (Å²) in [4.78, 5) is 31.4. The first kappa shape index (κ1) is 24.5. The number of halogens is 1. The molecule has 2 atom stereocenters. The molecule has 2 aliphatic rings. The summed E-state index contributed by atoms with van der Waals surface area (Å²) in [7, 11) is 2.67. The van der Waals surface area contributed by atoms with Gasteiger partial charge in [0.2, 0.25) is 5.75 Å². The van der Waals surface area contributed by atoms with E-state index in [0.29, 0.717) is 41.2 Å². The van der Waals surface area contributed by atoms with Crippen LogP contribution in [0.3, 0.4) is 0 Å². The molecule has 2 heterocycles. The number of methoxy groups -OCH3 is 3. The molecule has 0 saturated carbocycles. The molecule has 2 aromatic carbocycles. The van der Waals surface area contributed by atoms with Crippen molar-refractivity contribution >= 4 is 38.1 Å². The number of benzene rings is 2. The van der Waals surface area contributed by atoms with E-state index in [2.05, 4.69) is 15.9 Å². The molecule has 36 heavy (non-hydrogen) atoms. The van der Waals surface area contributed by atoms with Gasteiger partial charge in [0.25, 0.3) is 5.56 Å². The molecule has 0 amide bonds. The summed E-state index contributed by atoms with van der Waals surface area (Å²) in [5.41, 5.74) is 1.88. The van der Waals surface area contributed by atoms with Gasteiger partial charge in [0.15, 0.2) is 17.3 Å². The predicted molar refractivity (Wildman–Crippen MR) is 139 cm³/mol. The van der Waals surface area contributed by atoms with Gasteiger partial charge in [-0.3, -0.25) is 14.2 Å². The van der Waals surface area contributed by atoms with Crippen molar-refractivity contribution in [1.29, 1.82) is 0 Å². The third-order valence-electron chi connectivity index (χ3n) is 6.34. The van der Waals surface area contributed by atoms with Crippen LogP contribution in [0.25, 0.3) is 17.0 Å². The van der Waals surface area contributed by atoms with Gasteiger partial charge in [-0.1, -0.05) is 46.3 Å². The second kappa shape index (κ2) is 9.67. The van der Waals surface area contributed by atoms with Gasteiger partial charge in [-0.05, 0) is 36.1 Å². The summed E-state index contributed by atoms with van der Waals surface area (Å²) in [6, 6.07) is 12.9. The number of hydrogen-bond donors (Lipinski definition) is 0. The molecule has 0 spiro atoms. The Bertz CT molecular complexity index is 1470. The van der Waals surface area contributed by atoms with E-state index in [-0.39, 0.29) is 39.2 Å². The van der Waals surface area contributed by atoms with Crippen LogP contribution < -0.4 is 19.8 Å². The van der Waals surface area contributed by atoms with Gasteiger partial charge >= 0.3 is 0 Å². The molecular weight excluding hydrogens is 548 g/mol. The van der Waals surface area contributed by atoms with Crippen LogP contribution in [0.2, 0.25) is 0 Å². The van der Waals surface area contributed by atoms with Gasteiger partial charge < -0.3 is 14.2 Å². The van der Waals surface area contributed by atoms with Crippen LogP contribution in [0, 0.1) is 0 Å². The number of ether oxygens (including phenoxy) is 3. The molecule has 0 saturated heterocycles. The van der Waals surface area contributed by atoms with Gasteiger partial charge in [0.1, 0.15) is 21.6 Å². The Morgan fingerprint density at radius 2 is 1.72 bits per heavy atom. The van der Waals surface area contributed by atoms with Gasteiger partial charge in [0.05, 0.1) is 43.2 Å². The summed E-state index contributed by atoms with van der Waals surface area (Å²) in [6.45, 7) is 0.232. The Morgan fingerprint density at radius 3 is 2.33 bits per heavy atom. The van der Waals surface area contributed by atoms with Gasteiger partial charge in [0, 0.05) is 5.56 Å². The second-order valence-corrected chi connectivity index (χ2v) is 10.8. The highest BCUT2D eigenvalue weighted by molar-refractivity contribution is 9.10. The van der Waals surface area contributed by atoms with Crippen LogP contribution in [0.15, 0.2) is 57.2 Å². The molecule has 8 nitrogen and oxygen atoms in total. The zero-order chi connectivity index (χ0) is 25.6. The Morgan fingerprint density at radius 1 is 1.06 bits per heavy atom. The molecule has 0 fully saturated rings. The highest BCUT2D eigenvalue weighted by Crippen LogP contribution is 2.44. The molecule has 1 aromatic heterocycles. The third-order valence-corrected chi connectivity index (χ3v) is 8.67. The van der Waals surface area contributed by atoms with E-state index in [1.165, 1.54) is 21.3 Å². The van der Waals surface area contributed by atoms with Crippen LogP contribution in [-0.2, 0) is 22.1 Å². The molecule has 0 N–H and O–H groups in total. The van der Waals surface area contributed by atoms with E-state index >= 15 is 0 Å². The summed E-state index contributed by atoms with van der Waals surface area (Å²) in [5, 5.41) is 0.119. The minimum Gasteiger partial charge on any atom is -0.493 e. The Balaban J connectivity index is 1.79. The van der Waals surface area contributed by atoms with Crippen molar-refractivity contribution in [3.63, 3.8) is 0 Å². The smallest absolute Gasteiger partial charge is 0.262 e. The molecule has 3 aromatic rings. The van der Waals surface area contributed by atoms with Crippen molar-refractivity contribution in [1.82, 2.24) is 9.55 Å². The van der Waals surface area contributed by atoms with Crippen molar-refractivity contribution < 1.29 is 23.2 Å². The highest BCUT2D eigenvalue weighted by atomic mass is 79.9. The van der Waals surface area contributed by atoms with Crippen molar-refractivity contribution in [2.24, 2.45) is 0 Å². The normalized spacial score (nSPS) is 18.6. The standard InChI is InChI=1S/C26H23BrN2O6S/c1-33-18-11-15(12-19(34-2)22(18)35-3)24-28-25-20(16-9-10-17(27)21(30)23(16)36(25)32)26(31)29(24)13-14-7-5-4-6-8-14/h4-8,11-12,17H,9-10,13H2,1-3H3. The minimum absolute atomic E-state index is 0.119. The SMILES string of the molecule is COc1cc(-c2nc3c(c(=O)n2Cc2ccccc2)C2=C(C(=O)C(Br)CC2)S3=O)cc(OC)c1OC. The number of carbonyl (C=O) groups excluding carboxylic acids is 1. The fourth-order valence-corrected chi connectivity index (χ4v) is 6.74. The summed E-state index contributed by atoms with van der Waals surface area (Å²) < 4.78 is 31.5. The molecule has 186 valence electrons. The average molecular weight is 571 g/mol. The molecular formula is C26H23BrN2O6S. The predicted octanol–water partition coefficient (Wildman–Crippen LogP) is 3.94. The number of ketones is 1. The Kier molecular flexibility index (Phi) is 6.57. The monoisotopic (exact) mass is 570 g/mol. The van der Waals surface area contributed by atoms with Crippen LogP contribution in [0.5, 0.6) is 17.2 Å². The molecule has 1 aliphatic heterocycles. The zero-order valence-corrected chi connectivity index (χ0v) is 22.3. The molecule has 1 aliphatic carbocycles. The maximum Gasteiger partial charge on any atom is 0.262 e. The lowest BCUT2D eigenvalue weighted by Gasteiger charge is -2.18. The largest absolute Gasteiger partial charge is 0.493 e. The number of fused-ring (bicyclic) bond motifs is 2. The van der Waals surface area contributed by atoms with Crippen molar-refractivity contribution in [2.45, 2.75) is 29.2 Å². The molecule has 5 rings (SSSR count). The third kappa shape index (κ3) is 3.88. The maximum atomic E-state index is 14.0.